The van der Waals surface area contributed by atoms with Crippen molar-refractivity contribution in [3.05, 3.63) is 0 Å². The van der Waals surface area contributed by atoms with Crippen molar-refractivity contribution in [3.63, 3.8) is 0 Å². The summed E-state index contributed by atoms with van der Waals surface area (Å²) in [5, 5.41) is 0. The van der Waals surface area contributed by atoms with Crippen molar-refractivity contribution < 1.29 is 17.5 Å². The molecule has 0 spiro atoms. The molecular formula is H4O4SSr. The summed E-state index contributed by atoms with van der Waals surface area (Å²) in [6, 6.07) is 0. The van der Waals surface area contributed by atoms with Crippen LogP contribution in [-0.2, 0) is 10.4 Å². The summed E-state index contributed by atoms with van der Waals surface area (Å²) in [7, 11) is -4.67. The van der Waals surface area contributed by atoms with Crippen molar-refractivity contribution in [2.75, 3.05) is 0 Å². The van der Waals surface area contributed by atoms with Crippen LogP contribution in [0.5, 0.6) is 0 Å². The van der Waals surface area contributed by atoms with Crippen molar-refractivity contribution in [1.82, 2.24) is 0 Å². The van der Waals surface area contributed by atoms with Crippen LogP contribution in [0, 0.1) is 0 Å². The van der Waals surface area contributed by atoms with E-state index in [0.717, 1.165) is 0 Å². The van der Waals surface area contributed by atoms with Gasteiger partial charge in [-0.25, -0.2) is 0 Å². The molecule has 0 aliphatic heterocycles. The summed E-state index contributed by atoms with van der Waals surface area (Å²) in [5.41, 5.74) is 0. The van der Waals surface area contributed by atoms with E-state index in [0.29, 0.717) is 0 Å². The molecule has 0 fully saturated rings. The van der Waals surface area contributed by atoms with Gasteiger partial charge in [-0.2, -0.15) is 8.42 Å². The second kappa shape index (κ2) is 3.36. The van der Waals surface area contributed by atoms with Gasteiger partial charge in [0.25, 0.3) is 0 Å². The predicted molar refractivity (Wildman–Crippen MR) is 22.7 cm³/mol. The molecule has 0 atom stereocenters. The van der Waals surface area contributed by atoms with E-state index in [1.165, 1.54) is 0 Å². The van der Waals surface area contributed by atoms with E-state index < -0.39 is 10.4 Å². The maximum atomic E-state index is 8.74. The molecule has 0 aromatic carbocycles. The third-order valence-corrected chi connectivity index (χ3v) is 0. The molecule has 4 nitrogen and oxygen atoms in total. The molecule has 0 saturated heterocycles. The fraction of sp³-hybridized carbons (Fsp3) is 0. The van der Waals surface area contributed by atoms with Gasteiger partial charge in [0, 0.05) is 0 Å². The average molecular weight is 188 g/mol. The number of hydrogen-bond donors (Lipinski definition) is 2. The molecule has 0 saturated carbocycles. The topological polar surface area (TPSA) is 74.6 Å². The molecule has 0 aliphatic rings. The Morgan fingerprint density at radius 2 is 1.17 bits per heavy atom. The van der Waals surface area contributed by atoms with Crippen LogP contribution in [0.3, 0.4) is 0 Å². The molecule has 0 aromatic heterocycles. The van der Waals surface area contributed by atoms with Gasteiger partial charge in [0.2, 0.25) is 0 Å². The normalized spacial score (nSPS) is 9.67. The van der Waals surface area contributed by atoms with Crippen LogP contribution in [-0.4, -0.2) is 63.0 Å². The Kier molecular flexibility index (Phi) is 5.81. The van der Waals surface area contributed by atoms with Gasteiger partial charge in [0.1, 0.15) is 0 Å². The van der Waals surface area contributed by atoms with Crippen LogP contribution < -0.4 is 0 Å². The third-order valence-electron chi connectivity index (χ3n) is 0. The van der Waals surface area contributed by atoms with E-state index >= 15 is 0 Å². The Bertz CT molecular complexity index is 90.7. The third kappa shape index (κ3) is 55.5. The molecule has 36 valence electrons. The van der Waals surface area contributed by atoms with Gasteiger partial charge >= 0.3 is 55.9 Å². The summed E-state index contributed by atoms with van der Waals surface area (Å²) in [6.07, 6.45) is 0. The first-order chi connectivity index (χ1) is 2.00. The van der Waals surface area contributed by atoms with Gasteiger partial charge in [0.05, 0.1) is 0 Å². The number of hydrogen-bond acceptors (Lipinski definition) is 2. The standard InChI is InChI=1S/H2O4S.Sr.2H/c1-5(2,3)4;;;/h(H2,1,2,3,4);;;. The SMILES string of the molecule is O=S(=O)(O)O.[SrH2]. The Hall–Kier alpha value is 1.35. The summed E-state index contributed by atoms with van der Waals surface area (Å²) in [5.74, 6) is 0. The zero-order chi connectivity index (χ0) is 4.50. The second-order valence-corrected chi connectivity index (χ2v) is 1.34. The first-order valence-corrected chi connectivity index (χ1v) is 2.10. The van der Waals surface area contributed by atoms with Crippen molar-refractivity contribution in [2.45, 2.75) is 0 Å². The quantitative estimate of drug-likeness (QED) is 0.355. The van der Waals surface area contributed by atoms with Crippen LogP contribution in [0.2, 0.25) is 0 Å². The van der Waals surface area contributed by atoms with E-state index in [4.69, 9.17) is 17.5 Å². The van der Waals surface area contributed by atoms with Crippen molar-refractivity contribution in [3.8, 4) is 0 Å². The van der Waals surface area contributed by atoms with E-state index in [-0.39, 0.29) is 45.5 Å². The zero-order valence-electron chi connectivity index (χ0n) is 2.12. The fourth-order valence-corrected chi connectivity index (χ4v) is 0. The van der Waals surface area contributed by atoms with Crippen molar-refractivity contribution >= 4 is 55.9 Å². The van der Waals surface area contributed by atoms with Crippen LogP contribution >= 0.6 is 0 Å². The minimum absolute atomic E-state index is 0. The summed E-state index contributed by atoms with van der Waals surface area (Å²) >= 11 is 0. The van der Waals surface area contributed by atoms with Gasteiger partial charge < -0.3 is 0 Å². The van der Waals surface area contributed by atoms with Gasteiger partial charge in [-0.1, -0.05) is 0 Å². The Morgan fingerprint density at radius 3 is 1.17 bits per heavy atom. The summed E-state index contributed by atoms with van der Waals surface area (Å²) in [4.78, 5) is 0. The maximum absolute atomic E-state index is 8.74. The van der Waals surface area contributed by atoms with Gasteiger partial charge in [-0.15, -0.1) is 0 Å². The summed E-state index contributed by atoms with van der Waals surface area (Å²) < 4.78 is 31.6. The van der Waals surface area contributed by atoms with Crippen LogP contribution in [0.25, 0.3) is 0 Å². The predicted octanol–water partition coefficient (Wildman–Crippen LogP) is -1.57. The van der Waals surface area contributed by atoms with Gasteiger partial charge in [-0.3, -0.25) is 9.11 Å². The Morgan fingerprint density at radius 1 is 1.17 bits per heavy atom. The molecular weight excluding hydrogens is 184 g/mol. The second-order valence-electron chi connectivity index (χ2n) is 0.448. The van der Waals surface area contributed by atoms with Crippen molar-refractivity contribution in [2.24, 2.45) is 0 Å². The molecule has 0 amide bonds. The molecule has 6 heteroatoms. The van der Waals surface area contributed by atoms with E-state index in [1.54, 1.807) is 0 Å². The van der Waals surface area contributed by atoms with Crippen LogP contribution in [0.1, 0.15) is 0 Å². The molecule has 2 N–H and O–H groups in total. The average Bonchev–Trinajstić information content (AvgIpc) is 0.722. The molecule has 0 heterocycles. The molecule has 0 aromatic rings. The molecule has 0 radical (unpaired) electrons. The first-order valence-electron chi connectivity index (χ1n) is 0.698. The molecule has 0 aliphatic carbocycles. The molecule has 0 bridgehead atoms. The molecule has 6 heavy (non-hydrogen) atoms. The van der Waals surface area contributed by atoms with Gasteiger partial charge in [0.15, 0.2) is 0 Å². The first kappa shape index (κ1) is 10.4. The van der Waals surface area contributed by atoms with Crippen LogP contribution in [0.15, 0.2) is 0 Å². The van der Waals surface area contributed by atoms with Gasteiger partial charge in [-0.05, 0) is 0 Å². The van der Waals surface area contributed by atoms with E-state index in [9.17, 15) is 0 Å². The monoisotopic (exact) mass is 188 g/mol. The van der Waals surface area contributed by atoms with E-state index in [2.05, 4.69) is 0 Å². The van der Waals surface area contributed by atoms with E-state index in [1.807, 2.05) is 0 Å². The Labute approximate surface area is 72.4 Å². The Balaban J connectivity index is 0. The van der Waals surface area contributed by atoms with Crippen molar-refractivity contribution in [1.29, 1.82) is 0 Å². The summed E-state index contributed by atoms with van der Waals surface area (Å²) in [6.45, 7) is 0. The molecule has 0 unspecified atom stereocenters. The number of rotatable bonds is 0. The zero-order valence-corrected chi connectivity index (χ0v) is 2.94. The minimum atomic E-state index is -4.67. The fourth-order valence-electron chi connectivity index (χ4n) is 0. The van der Waals surface area contributed by atoms with Crippen LogP contribution in [0.4, 0.5) is 0 Å². The molecule has 0 rings (SSSR count).